The van der Waals surface area contributed by atoms with Crippen molar-refractivity contribution in [1.29, 1.82) is 0 Å². The van der Waals surface area contributed by atoms with Crippen LogP contribution in [0.2, 0.25) is 0 Å². The van der Waals surface area contributed by atoms with Crippen LogP contribution in [0.3, 0.4) is 0 Å². The molecule has 2 heterocycles. The van der Waals surface area contributed by atoms with Crippen LogP contribution in [-0.4, -0.2) is 29.6 Å². The molecule has 5 nitrogen and oxygen atoms in total. The standard InChI is InChI=1S/C10H13N3O2/c1-10(5-15-6-10)13-9(14)8-7(11)3-2-4-12-8/h2-4H,5-6,11H2,1H3,(H,13,14). The van der Waals surface area contributed by atoms with E-state index in [-0.39, 0.29) is 17.1 Å². The summed E-state index contributed by atoms with van der Waals surface area (Å²) in [7, 11) is 0. The van der Waals surface area contributed by atoms with Gasteiger partial charge in [0.15, 0.2) is 5.69 Å². The van der Waals surface area contributed by atoms with E-state index in [1.807, 2.05) is 6.92 Å². The maximum absolute atomic E-state index is 11.8. The molecule has 0 spiro atoms. The quantitative estimate of drug-likeness (QED) is 0.725. The van der Waals surface area contributed by atoms with Gasteiger partial charge in [-0.05, 0) is 19.1 Å². The fourth-order valence-electron chi connectivity index (χ4n) is 1.42. The third-order valence-electron chi connectivity index (χ3n) is 2.31. The number of rotatable bonds is 2. The van der Waals surface area contributed by atoms with Gasteiger partial charge in [0.2, 0.25) is 0 Å². The van der Waals surface area contributed by atoms with Crippen LogP contribution in [0.1, 0.15) is 17.4 Å². The van der Waals surface area contributed by atoms with Crippen molar-refractivity contribution >= 4 is 11.6 Å². The molecule has 1 fully saturated rings. The monoisotopic (exact) mass is 207 g/mol. The highest BCUT2D eigenvalue weighted by atomic mass is 16.5. The first-order valence-corrected chi connectivity index (χ1v) is 4.71. The van der Waals surface area contributed by atoms with E-state index < -0.39 is 0 Å². The van der Waals surface area contributed by atoms with Crippen molar-refractivity contribution < 1.29 is 9.53 Å². The summed E-state index contributed by atoms with van der Waals surface area (Å²) >= 11 is 0. The van der Waals surface area contributed by atoms with Gasteiger partial charge in [0.05, 0.1) is 24.4 Å². The molecule has 5 heteroatoms. The van der Waals surface area contributed by atoms with Crippen LogP contribution in [0.15, 0.2) is 18.3 Å². The van der Waals surface area contributed by atoms with Crippen LogP contribution in [0.25, 0.3) is 0 Å². The average molecular weight is 207 g/mol. The maximum atomic E-state index is 11.8. The van der Waals surface area contributed by atoms with E-state index in [0.717, 1.165) is 0 Å². The summed E-state index contributed by atoms with van der Waals surface area (Å²) in [6.45, 7) is 2.99. The van der Waals surface area contributed by atoms with Gasteiger partial charge in [0.1, 0.15) is 0 Å². The summed E-state index contributed by atoms with van der Waals surface area (Å²) in [5, 5.41) is 2.84. The van der Waals surface area contributed by atoms with Crippen molar-refractivity contribution in [2.45, 2.75) is 12.5 Å². The molecule has 0 bridgehead atoms. The van der Waals surface area contributed by atoms with Crippen molar-refractivity contribution in [2.75, 3.05) is 18.9 Å². The molecule has 0 atom stereocenters. The molecule has 1 saturated heterocycles. The number of carbonyl (C=O) groups is 1. The first-order chi connectivity index (χ1) is 7.11. The summed E-state index contributed by atoms with van der Waals surface area (Å²) < 4.78 is 5.04. The Hall–Kier alpha value is -1.62. The van der Waals surface area contributed by atoms with Crippen molar-refractivity contribution in [1.82, 2.24) is 10.3 Å². The molecule has 80 valence electrons. The number of amides is 1. The van der Waals surface area contributed by atoms with Crippen LogP contribution in [0.4, 0.5) is 5.69 Å². The van der Waals surface area contributed by atoms with Gasteiger partial charge >= 0.3 is 0 Å². The predicted octanol–water partition coefficient (Wildman–Crippen LogP) is 0.183. The Balaban J connectivity index is 2.11. The van der Waals surface area contributed by atoms with Crippen LogP contribution in [-0.2, 0) is 4.74 Å². The lowest BCUT2D eigenvalue weighted by molar-refractivity contribution is -0.0594. The van der Waals surface area contributed by atoms with Gasteiger partial charge in [-0.1, -0.05) is 0 Å². The third kappa shape index (κ3) is 1.92. The van der Waals surface area contributed by atoms with Crippen LogP contribution in [0, 0.1) is 0 Å². The number of pyridine rings is 1. The Kier molecular flexibility index (Phi) is 2.32. The molecule has 0 aliphatic carbocycles. The van der Waals surface area contributed by atoms with Gasteiger partial charge in [0.25, 0.3) is 5.91 Å². The lowest BCUT2D eigenvalue weighted by Crippen LogP contribution is -2.60. The summed E-state index contributed by atoms with van der Waals surface area (Å²) in [6.07, 6.45) is 1.55. The van der Waals surface area contributed by atoms with E-state index in [1.54, 1.807) is 18.3 Å². The number of aromatic nitrogens is 1. The number of hydrogen-bond acceptors (Lipinski definition) is 4. The molecule has 3 N–H and O–H groups in total. The molecule has 1 aromatic heterocycles. The molecule has 0 radical (unpaired) electrons. The van der Waals surface area contributed by atoms with Crippen molar-refractivity contribution in [3.63, 3.8) is 0 Å². The van der Waals surface area contributed by atoms with E-state index in [2.05, 4.69) is 10.3 Å². The number of nitrogens with one attached hydrogen (secondary N) is 1. The van der Waals surface area contributed by atoms with E-state index in [4.69, 9.17) is 10.5 Å². The lowest BCUT2D eigenvalue weighted by atomic mass is 10.0. The summed E-state index contributed by atoms with van der Waals surface area (Å²) in [6, 6.07) is 3.35. The van der Waals surface area contributed by atoms with Gasteiger partial charge in [-0.25, -0.2) is 4.98 Å². The average Bonchev–Trinajstić information content (AvgIpc) is 2.16. The third-order valence-corrected chi connectivity index (χ3v) is 2.31. The van der Waals surface area contributed by atoms with Gasteiger partial charge in [-0.2, -0.15) is 0 Å². The minimum absolute atomic E-state index is 0.251. The molecule has 1 aliphatic heterocycles. The highest BCUT2D eigenvalue weighted by molar-refractivity contribution is 5.97. The van der Waals surface area contributed by atoms with Gasteiger partial charge in [0, 0.05) is 6.20 Å². The molecular weight excluding hydrogens is 194 g/mol. The van der Waals surface area contributed by atoms with Crippen molar-refractivity contribution in [3.8, 4) is 0 Å². The number of anilines is 1. The number of hydrogen-bond donors (Lipinski definition) is 2. The smallest absolute Gasteiger partial charge is 0.272 e. The molecule has 1 aliphatic rings. The number of nitrogens with zero attached hydrogens (tertiary/aromatic N) is 1. The largest absolute Gasteiger partial charge is 0.397 e. The zero-order valence-electron chi connectivity index (χ0n) is 8.49. The van der Waals surface area contributed by atoms with E-state index >= 15 is 0 Å². The van der Waals surface area contributed by atoms with Crippen molar-refractivity contribution in [3.05, 3.63) is 24.0 Å². The van der Waals surface area contributed by atoms with Crippen molar-refractivity contribution in [2.24, 2.45) is 0 Å². The maximum Gasteiger partial charge on any atom is 0.272 e. The molecule has 1 amide bonds. The van der Waals surface area contributed by atoms with Crippen LogP contribution >= 0.6 is 0 Å². The molecule has 15 heavy (non-hydrogen) atoms. The highest BCUT2D eigenvalue weighted by Crippen LogP contribution is 2.17. The lowest BCUT2D eigenvalue weighted by Gasteiger charge is -2.38. The number of ether oxygens (including phenoxy) is 1. The highest BCUT2D eigenvalue weighted by Gasteiger charge is 2.35. The van der Waals surface area contributed by atoms with E-state index in [9.17, 15) is 4.79 Å². The fourth-order valence-corrected chi connectivity index (χ4v) is 1.42. The van der Waals surface area contributed by atoms with Crippen LogP contribution < -0.4 is 11.1 Å². The second-order valence-electron chi connectivity index (χ2n) is 3.95. The zero-order chi connectivity index (χ0) is 10.9. The van der Waals surface area contributed by atoms with Gasteiger partial charge in [-0.15, -0.1) is 0 Å². The molecule has 1 aromatic rings. The molecule has 0 unspecified atom stereocenters. The summed E-state index contributed by atoms with van der Waals surface area (Å²) in [5.74, 6) is -0.251. The Bertz CT molecular complexity index is 388. The second kappa shape index (κ2) is 3.51. The van der Waals surface area contributed by atoms with Gasteiger partial charge in [-0.3, -0.25) is 4.79 Å². The second-order valence-corrected chi connectivity index (χ2v) is 3.95. The first-order valence-electron chi connectivity index (χ1n) is 4.71. The molecule has 0 aromatic carbocycles. The fraction of sp³-hybridized carbons (Fsp3) is 0.400. The Morgan fingerprint density at radius 2 is 2.40 bits per heavy atom. The minimum Gasteiger partial charge on any atom is -0.397 e. The summed E-state index contributed by atoms with van der Waals surface area (Å²) in [4.78, 5) is 15.7. The van der Waals surface area contributed by atoms with E-state index in [1.165, 1.54) is 0 Å². The predicted molar refractivity (Wildman–Crippen MR) is 55.3 cm³/mol. The zero-order valence-corrected chi connectivity index (χ0v) is 8.49. The number of nitrogen functional groups attached to an aromatic ring is 1. The number of carbonyl (C=O) groups excluding carboxylic acids is 1. The Morgan fingerprint density at radius 3 is 2.93 bits per heavy atom. The minimum atomic E-state index is -0.277. The normalized spacial score (nSPS) is 17.9. The Labute approximate surface area is 87.6 Å². The first kappa shape index (κ1) is 9.92. The van der Waals surface area contributed by atoms with Gasteiger partial charge < -0.3 is 15.8 Å². The molecule has 0 saturated carbocycles. The van der Waals surface area contributed by atoms with E-state index in [0.29, 0.717) is 18.9 Å². The number of nitrogens with two attached hydrogens (primary N) is 1. The topological polar surface area (TPSA) is 77.2 Å². The SMILES string of the molecule is CC1(NC(=O)c2ncccc2N)COC1. The molecule has 2 rings (SSSR count). The summed E-state index contributed by atoms with van der Waals surface area (Å²) in [5.41, 5.74) is 6.03. The van der Waals surface area contributed by atoms with Crippen LogP contribution in [0.5, 0.6) is 0 Å². The Morgan fingerprint density at radius 1 is 1.67 bits per heavy atom. The molecular formula is C10H13N3O2.